The number of benzene rings is 2. The van der Waals surface area contributed by atoms with Crippen molar-refractivity contribution >= 4 is 5.97 Å². The van der Waals surface area contributed by atoms with Gasteiger partial charge in [-0.2, -0.15) is 0 Å². The fourth-order valence-electron chi connectivity index (χ4n) is 4.31. The van der Waals surface area contributed by atoms with E-state index in [0.29, 0.717) is 29.6 Å². The first-order chi connectivity index (χ1) is 13.3. The van der Waals surface area contributed by atoms with Gasteiger partial charge in [0.25, 0.3) is 0 Å². The van der Waals surface area contributed by atoms with Gasteiger partial charge in [0.15, 0.2) is 23.0 Å². The molecule has 6 rings (SSSR count). The summed E-state index contributed by atoms with van der Waals surface area (Å²) in [5.41, 5.74) is 1.80. The van der Waals surface area contributed by atoms with Crippen LogP contribution < -0.4 is 18.9 Å². The summed E-state index contributed by atoms with van der Waals surface area (Å²) in [6, 6.07) is 11.3. The number of carbonyl (C=O) groups excluding carboxylic acids is 1. The van der Waals surface area contributed by atoms with Crippen molar-refractivity contribution < 1.29 is 33.2 Å². The molecule has 0 aromatic heterocycles. The summed E-state index contributed by atoms with van der Waals surface area (Å²) in [4.78, 5) is 12.7. The molecule has 0 saturated carbocycles. The van der Waals surface area contributed by atoms with Crippen molar-refractivity contribution in [2.24, 2.45) is 11.8 Å². The number of hydrogen-bond acceptors (Lipinski definition) is 7. The van der Waals surface area contributed by atoms with Gasteiger partial charge in [-0.25, -0.2) is 0 Å². The van der Waals surface area contributed by atoms with Gasteiger partial charge in [-0.3, -0.25) is 4.79 Å². The molecule has 4 atom stereocenters. The largest absolute Gasteiger partial charge is 0.457 e. The van der Waals surface area contributed by atoms with Gasteiger partial charge in [-0.1, -0.05) is 12.1 Å². The highest BCUT2D eigenvalue weighted by Gasteiger charge is 2.54. The van der Waals surface area contributed by atoms with E-state index in [1.807, 2.05) is 36.4 Å². The average molecular weight is 368 g/mol. The van der Waals surface area contributed by atoms with E-state index in [4.69, 9.17) is 28.4 Å². The summed E-state index contributed by atoms with van der Waals surface area (Å²) in [5.74, 6) is 2.15. The van der Waals surface area contributed by atoms with Crippen LogP contribution in [-0.2, 0) is 14.3 Å². The second-order valence-electron chi connectivity index (χ2n) is 7.03. The summed E-state index contributed by atoms with van der Waals surface area (Å²) in [6.45, 7) is 0.879. The van der Waals surface area contributed by atoms with Gasteiger partial charge in [0.05, 0.1) is 18.6 Å². The van der Waals surface area contributed by atoms with E-state index in [-0.39, 0.29) is 43.6 Å². The van der Waals surface area contributed by atoms with Crippen LogP contribution in [-0.4, -0.2) is 26.2 Å². The van der Waals surface area contributed by atoms with Gasteiger partial charge in [-0.05, 0) is 35.4 Å². The summed E-state index contributed by atoms with van der Waals surface area (Å²) in [5, 5.41) is 0. The average Bonchev–Trinajstić information content (AvgIpc) is 3.45. The Morgan fingerprint density at radius 2 is 1.33 bits per heavy atom. The minimum Gasteiger partial charge on any atom is -0.457 e. The molecule has 0 spiro atoms. The van der Waals surface area contributed by atoms with Crippen molar-refractivity contribution in [2.45, 2.75) is 12.2 Å². The number of carbonyl (C=O) groups is 1. The molecule has 138 valence electrons. The van der Waals surface area contributed by atoms with Crippen molar-refractivity contribution in [2.75, 3.05) is 20.2 Å². The Morgan fingerprint density at radius 3 is 2.00 bits per heavy atom. The van der Waals surface area contributed by atoms with Crippen LogP contribution >= 0.6 is 0 Å². The van der Waals surface area contributed by atoms with Crippen LogP contribution in [0.3, 0.4) is 0 Å². The zero-order valence-electron chi connectivity index (χ0n) is 14.3. The maximum atomic E-state index is 12.7. The highest BCUT2D eigenvalue weighted by atomic mass is 16.7. The van der Waals surface area contributed by atoms with E-state index in [1.165, 1.54) is 0 Å². The number of cyclic esters (lactones) is 1. The van der Waals surface area contributed by atoms with Crippen LogP contribution in [0.25, 0.3) is 0 Å². The maximum Gasteiger partial charge on any atom is 0.313 e. The summed E-state index contributed by atoms with van der Waals surface area (Å²) in [6.07, 6.45) is -0.702. The van der Waals surface area contributed by atoms with E-state index in [1.54, 1.807) is 0 Å². The summed E-state index contributed by atoms with van der Waals surface area (Å²) >= 11 is 0. The normalized spacial score (nSPS) is 29.7. The molecule has 2 fully saturated rings. The lowest BCUT2D eigenvalue weighted by molar-refractivity contribution is -0.148. The molecular formula is C20H16O7. The molecule has 0 radical (unpaired) electrons. The van der Waals surface area contributed by atoms with Crippen LogP contribution in [0, 0.1) is 11.8 Å². The predicted octanol–water partition coefficient (Wildman–Crippen LogP) is 2.75. The first kappa shape index (κ1) is 15.2. The second kappa shape index (κ2) is 5.53. The predicted molar refractivity (Wildman–Crippen MR) is 89.6 cm³/mol. The molecule has 0 N–H and O–H groups in total. The molecule has 7 heteroatoms. The minimum atomic E-state index is -0.351. The topological polar surface area (TPSA) is 72.5 Å². The lowest BCUT2D eigenvalue weighted by atomic mass is 9.84. The van der Waals surface area contributed by atoms with Crippen molar-refractivity contribution in [3.05, 3.63) is 47.5 Å². The molecule has 27 heavy (non-hydrogen) atoms. The maximum absolute atomic E-state index is 12.7. The van der Waals surface area contributed by atoms with E-state index in [2.05, 4.69) is 0 Å². The van der Waals surface area contributed by atoms with Crippen molar-refractivity contribution in [3.8, 4) is 23.0 Å². The zero-order chi connectivity index (χ0) is 18.0. The number of esters is 1. The second-order valence-corrected chi connectivity index (χ2v) is 7.03. The Hall–Kier alpha value is -2.93. The molecule has 2 saturated heterocycles. The SMILES string of the molecule is O=C1O[C@H](c2ccc3c(c2)OCO3)[C@H]2CO[C@@H](c3ccc4c(c3)OCO4)[C@H]12. The van der Waals surface area contributed by atoms with Crippen LogP contribution in [0.5, 0.6) is 23.0 Å². The van der Waals surface area contributed by atoms with Crippen LogP contribution in [0.2, 0.25) is 0 Å². The van der Waals surface area contributed by atoms with E-state index in [0.717, 1.165) is 11.1 Å². The Balaban J connectivity index is 1.31. The van der Waals surface area contributed by atoms with Crippen molar-refractivity contribution in [1.29, 1.82) is 0 Å². The van der Waals surface area contributed by atoms with Crippen LogP contribution in [0.4, 0.5) is 0 Å². The fourth-order valence-corrected chi connectivity index (χ4v) is 4.31. The summed E-state index contributed by atoms with van der Waals surface area (Å²) < 4.78 is 33.4. The molecule has 0 unspecified atom stereocenters. The molecule has 0 bridgehead atoms. The first-order valence-corrected chi connectivity index (χ1v) is 8.89. The summed E-state index contributed by atoms with van der Waals surface area (Å²) in [7, 11) is 0. The zero-order valence-corrected chi connectivity index (χ0v) is 14.3. The Morgan fingerprint density at radius 1 is 0.741 bits per heavy atom. The molecule has 4 aliphatic rings. The minimum absolute atomic E-state index is 0.0479. The highest BCUT2D eigenvalue weighted by Crippen LogP contribution is 2.52. The molecule has 0 aliphatic carbocycles. The quantitative estimate of drug-likeness (QED) is 0.755. The first-order valence-electron chi connectivity index (χ1n) is 8.89. The number of ether oxygens (including phenoxy) is 6. The fraction of sp³-hybridized carbons (Fsp3) is 0.350. The smallest absolute Gasteiger partial charge is 0.313 e. The van der Waals surface area contributed by atoms with E-state index < -0.39 is 0 Å². The van der Waals surface area contributed by atoms with E-state index in [9.17, 15) is 4.79 Å². The molecule has 2 aromatic rings. The Kier molecular flexibility index (Phi) is 3.11. The van der Waals surface area contributed by atoms with Crippen LogP contribution in [0.15, 0.2) is 36.4 Å². The van der Waals surface area contributed by atoms with Gasteiger partial charge in [0.2, 0.25) is 13.6 Å². The molecule has 2 aromatic carbocycles. The molecule has 7 nitrogen and oxygen atoms in total. The van der Waals surface area contributed by atoms with Crippen LogP contribution in [0.1, 0.15) is 23.3 Å². The Labute approximate surface area is 154 Å². The van der Waals surface area contributed by atoms with Gasteiger partial charge >= 0.3 is 5.97 Å². The standard InChI is InChI=1S/C20H16O7/c21-20-17-12(18(27-20)10-1-3-13-15(5-10)25-8-23-13)7-22-19(17)11-2-4-14-16(6-11)26-9-24-14/h1-6,12,17-19H,7-9H2/t12-,17+,18+,19-/m0/s1. The number of hydrogen-bond donors (Lipinski definition) is 0. The third-order valence-corrected chi connectivity index (χ3v) is 5.61. The molecule has 0 amide bonds. The lowest BCUT2D eigenvalue weighted by Gasteiger charge is -2.15. The number of fused-ring (bicyclic) bond motifs is 3. The van der Waals surface area contributed by atoms with Gasteiger partial charge in [0, 0.05) is 5.92 Å². The van der Waals surface area contributed by atoms with Gasteiger partial charge in [-0.15, -0.1) is 0 Å². The highest BCUT2D eigenvalue weighted by molar-refractivity contribution is 5.77. The molecule has 4 aliphatic heterocycles. The third-order valence-electron chi connectivity index (χ3n) is 5.61. The number of rotatable bonds is 2. The lowest BCUT2D eigenvalue weighted by Crippen LogP contribution is -2.17. The molecule has 4 heterocycles. The van der Waals surface area contributed by atoms with Crippen molar-refractivity contribution in [3.63, 3.8) is 0 Å². The van der Waals surface area contributed by atoms with Gasteiger partial charge in [0.1, 0.15) is 6.10 Å². The van der Waals surface area contributed by atoms with Gasteiger partial charge < -0.3 is 28.4 Å². The van der Waals surface area contributed by atoms with Crippen molar-refractivity contribution in [1.82, 2.24) is 0 Å². The Bertz CT molecular complexity index is 884. The monoisotopic (exact) mass is 368 g/mol. The molecular weight excluding hydrogens is 352 g/mol. The van der Waals surface area contributed by atoms with E-state index >= 15 is 0 Å². The third kappa shape index (κ3) is 2.21.